The van der Waals surface area contributed by atoms with Crippen LogP contribution < -0.4 is 20.4 Å². The third-order valence-corrected chi connectivity index (χ3v) is 5.01. The molecule has 1 aromatic rings. The summed E-state index contributed by atoms with van der Waals surface area (Å²) < 4.78 is 5.12. The molecule has 2 saturated heterocycles. The van der Waals surface area contributed by atoms with Gasteiger partial charge in [0.05, 0.1) is 12.8 Å². The molecular weight excluding hydrogens is 360 g/mol. The molecule has 0 bridgehead atoms. The van der Waals surface area contributed by atoms with E-state index < -0.39 is 23.8 Å². The number of benzene rings is 1. The number of amides is 4. The minimum atomic E-state index is -1.10. The van der Waals surface area contributed by atoms with Crippen LogP contribution in [-0.4, -0.2) is 43.1 Å². The zero-order valence-electron chi connectivity index (χ0n) is 16.2. The van der Waals surface area contributed by atoms with Gasteiger partial charge in [-0.25, -0.2) is 14.7 Å². The molecule has 150 valence electrons. The summed E-state index contributed by atoms with van der Waals surface area (Å²) in [7, 11) is 1.54. The molecule has 0 unspecified atom stereocenters. The number of imide groups is 2. The number of anilines is 1. The third kappa shape index (κ3) is 4.17. The number of allylic oxidation sites excluding steroid dienone is 1. The summed E-state index contributed by atoms with van der Waals surface area (Å²) >= 11 is 0. The number of barbiturate groups is 1. The molecule has 0 spiro atoms. The van der Waals surface area contributed by atoms with Crippen molar-refractivity contribution in [3.8, 4) is 5.75 Å². The van der Waals surface area contributed by atoms with Crippen LogP contribution in [0.25, 0.3) is 0 Å². The first-order valence-electron chi connectivity index (χ1n) is 9.56. The van der Waals surface area contributed by atoms with Crippen molar-refractivity contribution in [2.45, 2.75) is 32.6 Å². The van der Waals surface area contributed by atoms with Gasteiger partial charge in [0.15, 0.2) is 5.92 Å². The molecule has 8 nitrogen and oxygen atoms in total. The lowest BCUT2D eigenvalue weighted by molar-refractivity contribution is -0.133. The SMILES string of the molecule is C/C=C(/NN1CCCCCC1)[C@@H]1C(=O)NC(=O)N(c2ccc(OC)cc2)C1=O. The van der Waals surface area contributed by atoms with Crippen molar-refractivity contribution in [1.82, 2.24) is 15.8 Å². The van der Waals surface area contributed by atoms with Crippen molar-refractivity contribution in [2.75, 3.05) is 25.1 Å². The molecule has 8 heteroatoms. The van der Waals surface area contributed by atoms with Gasteiger partial charge in [-0.15, -0.1) is 0 Å². The van der Waals surface area contributed by atoms with E-state index in [1.54, 1.807) is 37.3 Å². The van der Waals surface area contributed by atoms with Crippen LogP contribution in [0, 0.1) is 5.92 Å². The predicted molar refractivity (Wildman–Crippen MR) is 104 cm³/mol. The van der Waals surface area contributed by atoms with Gasteiger partial charge >= 0.3 is 6.03 Å². The number of nitrogens with one attached hydrogen (secondary N) is 2. The lowest BCUT2D eigenvalue weighted by Crippen LogP contribution is -2.60. The Morgan fingerprint density at radius 3 is 2.32 bits per heavy atom. The Morgan fingerprint density at radius 1 is 1.11 bits per heavy atom. The maximum Gasteiger partial charge on any atom is 0.335 e. The van der Waals surface area contributed by atoms with E-state index in [4.69, 9.17) is 4.74 Å². The number of methoxy groups -OCH3 is 1. The molecule has 2 aliphatic rings. The predicted octanol–water partition coefficient (Wildman–Crippen LogP) is 2.18. The molecule has 0 radical (unpaired) electrons. The molecule has 2 N–H and O–H groups in total. The summed E-state index contributed by atoms with van der Waals surface area (Å²) in [6.07, 6.45) is 6.18. The number of nitrogens with zero attached hydrogens (tertiary/aromatic N) is 2. The molecule has 4 amide bonds. The fourth-order valence-electron chi connectivity index (χ4n) is 3.49. The van der Waals surface area contributed by atoms with E-state index in [-0.39, 0.29) is 0 Å². The van der Waals surface area contributed by atoms with E-state index in [2.05, 4.69) is 10.7 Å². The molecule has 3 rings (SSSR count). The Morgan fingerprint density at radius 2 is 1.75 bits per heavy atom. The monoisotopic (exact) mass is 386 g/mol. The van der Waals surface area contributed by atoms with Gasteiger partial charge in [-0.2, -0.15) is 0 Å². The second kappa shape index (κ2) is 8.88. The van der Waals surface area contributed by atoms with Crippen molar-refractivity contribution in [3.05, 3.63) is 36.0 Å². The van der Waals surface area contributed by atoms with E-state index >= 15 is 0 Å². The van der Waals surface area contributed by atoms with Gasteiger partial charge in [0.2, 0.25) is 5.91 Å². The van der Waals surface area contributed by atoms with Gasteiger partial charge in [-0.05, 0) is 44.0 Å². The lowest BCUT2D eigenvalue weighted by Gasteiger charge is -2.33. The molecule has 0 aromatic heterocycles. The summed E-state index contributed by atoms with van der Waals surface area (Å²) in [6, 6.07) is 5.80. The Bertz CT molecular complexity index is 767. The summed E-state index contributed by atoms with van der Waals surface area (Å²) in [5, 5.41) is 4.34. The van der Waals surface area contributed by atoms with Crippen LogP contribution in [0.4, 0.5) is 10.5 Å². The quantitative estimate of drug-likeness (QED) is 0.754. The van der Waals surface area contributed by atoms with Crippen molar-refractivity contribution in [1.29, 1.82) is 0 Å². The van der Waals surface area contributed by atoms with Gasteiger partial charge in [-0.1, -0.05) is 18.9 Å². The van der Waals surface area contributed by atoms with Crippen molar-refractivity contribution in [2.24, 2.45) is 5.92 Å². The van der Waals surface area contributed by atoms with Crippen molar-refractivity contribution in [3.63, 3.8) is 0 Å². The maximum absolute atomic E-state index is 13.1. The van der Waals surface area contributed by atoms with Gasteiger partial charge < -0.3 is 10.2 Å². The second-order valence-electron chi connectivity index (χ2n) is 6.86. The molecule has 1 atom stereocenters. The van der Waals surface area contributed by atoms with E-state index in [0.29, 0.717) is 17.1 Å². The Labute approximate surface area is 164 Å². The van der Waals surface area contributed by atoms with Gasteiger partial charge in [0.25, 0.3) is 5.91 Å². The van der Waals surface area contributed by atoms with Crippen molar-refractivity contribution >= 4 is 23.5 Å². The molecule has 0 aliphatic carbocycles. The smallest absolute Gasteiger partial charge is 0.335 e. The van der Waals surface area contributed by atoms with Gasteiger partial charge in [-0.3, -0.25) is 14.9 Å². The van der Waals surface area contributed by atoms with Gasteiger partial charge in [0, 0.05) is 18.8 Å². The minimum Gasteiger partial charge on any atom is -0.497 e. The molecule has 2 aliphatic heterocycles. The maximum atomic E-state index is 13.1. The molecule has 2 heterocycles. The van der Waals surface area contributed by atoms with Crippen LogP contribution in [0.2, 0.25) is 0 Å². The molecular formula is C20H26N4O4. The molecule has 0 saturated carbocycles. The fraction of sp³-hybridized carbons (Fsp3) is 0.450. The average Bonchev–Trinajstić information content (AvgIpc) is 2.96. The number of carbonyl (C=O) groups is 3. The first-order chi connectivity index (χ1) is 13.5. The highest BCUT2D eigenvalue weighted by atomic mass is 16.5. The number of ether oxygens (including phenoxy) is 1. The largest absolute Gasteiger partial charge is 0.497 e. The highest BCUT2D eigenvalue weighted by Gasteiger charge is 2.43. The zero-order chi connectivity index (χ0) is 20.1. The van der Waals surface area contributed by atoms with Gasteiger partial charge in [0.1, 0.15) is 5.75 Å². The summed E-state index contributed by atoms with van der Waals surface area (Å²) in [6.45, 7) is 3.47. The second-order valence-corrected chi connectivity index (χ2v) is 6.86. The Kier molecular flexibility index (Phi) is 6.30. The number of urea groups is 1. The minimum absolute atomic E-state index is 0.381. The third-order valence-electron chi connectivity index (χ3n) is 5.01. The Hall–Kier alpha value is -2.87. The standard InChI is InChI=1S/C20H26N4O4/c1-3-16(22-23-12-6-4-5-7-13-23)17-18(25)21-20(27)24(19(17)26)14-8-10-15(28-2)11-9-14/h3,8-11,17,22H,4-7,12-13H2,1-2H3,(H,21,25,27)/b16-3+/t17-/m1/s1. The van der Waals surface area contributed by atoms with Crippen LogP contribution in [0.3, 0.4) is 0 Å². The summed E-state index contributed by atoms with van der Waals surface area (Å²) in [5.41, 5.74) is 4.10. The number of hydrogen-bond donors (Lipinski definition) is 2. The van der Waals surface area contributed by atoms with Crippen LogP contribution in [0.5, 0.6) is 5.75 Å². The zero-order valence-corrected chi connectivity index (χ0v) is 16.2. The van der Waals surface area contributed by atoms with E-state index in [1.165, 1.54) is 20.0 Å². The van der Waals surface area contributed by atoms with Crippen LogP contribution in [0.15, 0.2) is 36.0 Å². The number of hydrogen-bond acceptors (Lipinski definition) is 6. The number of rotatable bonds is 5. The average molecular weight is 386 g/mol. The van der Waals surface area contributed by atoms with Crippen LogP contribution >= 0.6 is 0 Å². The van der Waals surface area contributed by atoms with Crippen molar-refractivity contribution < 1.29 is 19.1 Å². The van der Waals surface area contributed by atoms with E-state index in [0.717, 1.165) is 30.8 Å². The summed E-state index contributed by atoms with van der Waals surface area (Å²) in [5.74, 6) is -1.68. The van der Waals surface area contributed by atoms with Crippen LogP contribution in [0.1, 0.15) is 32.6 Å². The fourth-order valence-corrected chi connectivity index (χ4v) is 3.49. The molecule has 1 aromatic carbocycles. The first kappa shape index (κ1) is 19.9. The summed E-state index contributed by atoms with van der Waals surface area (Å²) in [4.78, 5) is 39.0. The first-order valence-corrected chi connectivity index (χ1v) is 9.56. The Balaban J connectivity index is 1.83. The topological polar surface area (TPSA) is 91.0 Å². The lowest BCUT2D eigenvalue weighted by atomic mass is 10.00. The highest BCUT2D eigenvalue weighted by Crippen LogP contribution is 2.26. The van der Waals surface area contributed by atoms with E-state index in [9.17, 15) is 14.4 Å². The number of hydrazine groups is 1. The normalized spacial score (nSPS) is 21.9. The molecule has 2 fully saturated rings. The molecule has 28 heavy (non-hydrogen) atoms. The number of carbonyl (C=O) groups excluding carboxylic acids is 3. The van der Waals surface area contributed by atoms with Crippen LogP contribution in [-0.2, 0) is 9.59 Å². The highest BCUT2D eigenvalue weighted by molar-refractivity contribution is 6.28. The van der Waals surface area contributed by atoms with E-state index in [1.807, 2.05) is 5.01 Å².